The van der Waals surface area contributed by atoms with Gasteiger partial charge in [-0.25, -0.2) is 8.42 Å². The van der Waals surface area contributed by atoms with Crippen LogP contribution in [0.2, 0.25) is 5.02 Å². The minimum Gasteiger partial charge on any atom is -0.491 e. The van der Waals surface area contributed by atoms with Crippen LogP contribution >= 0.6 is 11.6 Å². The number of benzene rings is 2. The lowest BCUT2D eigenvalue weighted by molar-refractivity contribution is -0.127. The summed E-state index contributed by atoms with van der Waals surface area (Å²) in [5.41, 5.74) is 1.33. The first kappa shape index (κ1) is 23.2. The largest absolute Gasteiger partial charge is 0.491 e. The highest BCUT2D eigenvalue weighted by molar-refractivity contribution is 7.92. The number of hydrogen-bond acceptors (Lipinski definition) is 5. The average molecular weight is 467 g/mol. The summed E-state index contributed by atoms with van der Waals surface area (Å²) in [4.78, 5) is 12.6. The number of ether oxygens (including phenoxy) is 2. The lowest BCUT2D eigenvalue weighted by Gasteiger charge is -2.34. The Morgan fingerprint density at radius 2 is 1.97 bits per heavy atom. The first-order chi connectivity index (χ1) is 14.5. The van der Waals surface area contributed by atoms with Crippen molar-refractivity contribution in [3.8, 4) is 11.5 Å². The molecule has 0 saturated carbocycles. The van der Waals surface area contributed by atoms with Crippen LogP contribution in [0.25, 0.3) is 0 Å². The van der Waals surface area contributed by atoms with Crippen molar-refractivity contribution < 1.29 is 22.7 Å². The monoisotopic (exact) mass is 466 g/mol. The van der Waals surface area contributed by atoms with Gasteiger partial charge in [-0.05, 0) is 35.2 Å². The number of rotatable bonds is 6. The molecule has 9 heteroatoms. The van der Waals surface area contributed by atoms with E-state index in [1.54, 1.807) is 12.1 Å². The van der Waals surface area contributed by atoms with E-state index < -0.39 is 22.0 Å². The van der Waals surface area contributed by atoms with Crippen LogP contribution in [0, 0.1) is 0 Å². The van der Waals surface area contributed by atoms with E-state index in [1.807, 2.05) is 24.3 Å². The van der Waals surface area contributed by atoms with Crippen LogP contribution in [0.15, 0.2) is 42.5 Å². The van der Waals surface area contributed by atoms with E-state index >= 15 is 0 Å². The topological polar surface area (TPSA) is 84.9 Å². The first-order valence-corrected chi connectivity index (χ1v) is 12.1. The molecule has 0 unspecified atom stereocenters. The summed E-state index contributed by atoms with van der Waals surface area (Å²) in [5.74, 6) is 0.644. The molecular weight excluding hydrogens is 440 g/mol. The molecule has 0 bridgehead atoms. The fraction of sp³-hybridized carbons (Fsp3) is 0.409. The number of nitrogens with one attached hydrogen (secondary N) is 1. The zero-order chi connectivity index (χ0) is 22.8. The molecule has 1 amide bonds. The SMILES string of the molecule is CC(C)(C)c1ccccc1OCCNC(=O)[C@@H]1CN(S(C)(=O)=O)c2cc(Cl)ccc2O1. The summed E-state index contributed by atoms with van der Waals surface area (Å²) in [7, 11) is -3.61. The molecule has 2 aromatic carbocycles. The maximum atomic E-state index is 12.6. The Morgan fingerprint density at radius 1 is 1.26 bits per heavy atom. The molecule has 1 atom stereocenters. The molecule has 3 rings (SSSR count). The van der Waals surface area contributed by atoms with Crippen molar-refractivity contribution >= 4 is 33.2 Å². The van der Waals surface area contributed by atoms with Gasteiger partial charge in [-0.2, -0.15) is 0 Å². The number of sulfonamides is 1. The van der Waals surface area contributed by atoms with E-state index in [-0.39, 0.29) is 30.9 Å². The van der Waals surface area contributed by atoms with E-state index in [0.29, 0.717) is 10.7 Å². The third kappa shape index (κ3) is 5.62. The third-order valence-corrected chi connectivity index (χ3v) is 6.22. The van der Waals surface area contributed by atoms with Crippen molar-refractivity contribution in [2.75, 3.05) is 30.3 Å². The normalized spacial score (nSPS) is 16.3. The molecule has 1 aliphatic heterocycles. The quantitative estimate of drug-likeness (QED) is 0.660. The van der Waals surface area contributed by atoms with Gasteiger partial charge in [0.25, 0.3) is 5.91 Å². The van der Waals surface area contributed by atoms with E-state index in [4.69, 9.17) is 21.1 Å². The Hall–Kier alpha value is -2.45. The highest BCUT2D eigenvalue weighted by Gasteiger charge is 2.35. The Labute approximate surface area is 188 Å². The van der Waals surface area contributed by atoms with Crippen molar-refractivity contribution in [2.45, 2.75) is 32.3 Å². The number of amides is 1. The van der Waals surface area contributed by atoms with Gasteiger partial charge in [-0.15, -0.1) is 0 Å². The van der Waals surface area contributed by atoms with Crippen LogP contribution in [0.1, 0.15) is 26.3 Å². The summed E-state index contributed by atoms with van der Waals surface area (Å²) >= 11 is 5.99. The Bertz CT molecular complexity index is 1070. The molecule has 2 aromatic rings. The van der Waals surface area contributed by atoms with Crippen LogP contribution in [-0.4, -0.2) is 46.4 Å². The van der Waals surface area contributed by atoms with Gasteiger partial charge >= 0.3 is 0 Å². The molecule has 31 heavy (non-hydrogen) atoms. The number of fused-ring (bicyclic) bond motifs is 1. The molecular formula is C22H27ClN2O5S. The van der Waals surface area contributed by atoms with Crippen molar-refractivity contribution in [1.29, 1.82) is 0 Å². The third-order valence-electron chi connectivity index (χ3n) is 4.84. The van der Waals surface area contributed by atoms with Gasteiger partial charge in [0.05, 0.1) is 25.0 Å². The maximum absolute atomic E-state index is 12.6. The maximum Gasteiger partial charge on any atom is 0.263 e. The predicted octanol–water partition coefficient (Wildman–Crippen LogP) is 3.36. The molecule has 1 N–H and O–H groups in total. The summed E-state index contributed by atoms with van der Waals surface area (Å²) < 4.78 is 37.2. The number of carbonyl (C=O) groups excluding carboxylic acids is 1. The van der Waals surface area contributed by atoms with Gasteiger partial charge in [0.2, 0.25) is 10.0 Å². The van der Waals surface area contributed by atoms with Gasteiger partial charge in [0.15, 0.2) is 6.10 Å². The van der Waals surface area contributed by atoms with Gasteiger partial charge in [-0.1, -0.05) is 50.6 Å². The van der Waals surface area contributed by atoms with Gasteiger partial charge in [0.1, 0.15) is 18.1 Å². The molecule has 0 saturated heterocycles. The van der Waals surface area contributed by atoms with E-state index in [9.17, 15) is 13.2 Å². The number of nitrogens with zero attached hydrogens (tertiary/aromatic N) is 1. The van der Waals surface area contributed by atoms with Crippen LogP contribution in [0.5, 0.6) is 11.5 Å². The second-order valence-corrected chi connectivity index (χ2v) is 10.7. The fourth-order valence-corrected chi connectivity index (χ4v) is 4.41. The number of hydrogen-bond donors (Lipinski definition) is 1. The highest BCUT2D eigenvalue weighted by atomic mass is 35.5. The number of para-hydroxylation sites is 1. The van der Waals surface area contributed by atoms with Crippen molar-refractivity contribution in [1.82, 2.24) is 5.32 Å². The highest BCUT2D eigenvalue weighted by Crippen LogP contribution is 2.37. The van der Waals surface area contributed by atoms with Crippen molar-refractivity contribution in [2.24, 2.45) is 0 Å². The van der Waals surface area contributed by atoms with Crippen LogP contribution in [-0.2, 0) is 20.2 Å². The Balaban J connectivity index is 1.62. The lowest BCUT2D eigenvalue weighted by atomic mass is 9.86. The predicted molar refractivity (Wildman–Crippen MR) is 122 cm³/mol. The van der Waals surface area contributed by atoms with Crippen LogP contribution in [0.3, 0.4) is 0 Å². The average Bonchev–Trinajstić information content (AvgIpc) is 2.69. The van der Waals surface area contributed by atoms with E-state index in [1.165, 1.54) is 6.07 Å². The molecule has 1 heterocycles. The number of halogens is 1. The van der Waals surface area contributed by atoms with Crippen molar-refractivity contribution in [3.63, 3.8) is 0 Å². The molecule has 1 aliphatic rings. The zero-order valence-electron chi connectivity index (χ0n) is 18.0. The van der Waals surface area contributed by atoms with Gasteiger partial charge in [-0.3, -0.25) is 9.10 Å². The molecule has 0 aromatic heterocycles. The Morgan fingerprint density at radius 3 is 2.65 bits per heavy atom. The van der Waals surface area contributed by atoms with Gasteiger partial charge in [0, 0.05) is 5.02 Å². The number of carbonyl (C=O) groups is 1. The molecule has 0 radical (unpaired) electrons. The minimum atomic E-state index is -3.61. The molecule has 0 fully saturated rings. The Kier molecular flexibility index (Phi) is 6.71. The minimum absolute atomic E-state index is 0.0683. The summed E-state index contributed by atoms with van der Waals surface area (Å²) in [6, 6.07) is 12.4. The second kappa shape index (κ2) is 8.96. The van der Waals surface area contributed by atoms with Crippen LogP contribution < -0.4 is 19.1 Å². The smallest absolute Gasteiger partial charge is 0.263 e. The van der Waals surface area contributed by atoms with Crippen LogP contribution in [0.4, 0.5) is 5.69 Å². The second-order valence-electron chi connectivity index (χ2n) is 8.40. The van der Waals surface area contributed by atoms with Gasteiger partial charge < -0.3 is 14.8 Å². The molecule has 168 valence electrons. The first-order valence-electron chi connectivity index (χ1n) is 9.91. The zero-order valence-corrected chi connectivity index (χ0v) is 19.6. The van der Waals surface area contributed by atoms with Crippen molar-refractivity contribution in [3.05, 3.63) is 53.1 Å². The van der Waals surface area contributed by atoms with E-state index in [0.717, 1.165) is 21.9 Å². The lowest BCUT2D eigenvalue weighted by Crippen LogP contribution is -2.51. The number of anilines is 1. The molecule has 0 aliphatic carbocycles. The summed E-state index contributed by atoms with van der Waals surface area (Å²) in [6.07, 6.45) is 0.101. The summed E-state index contributed by atoms with van der Waals surface area (Å²) in [5, 5.41) is 3.14. The molecule has 7 nitrogen and oxygen atoms in total. The molecule has 0 spiro atoms. The standard InChI is InChI=1S/C22H27ClN2O5S/c1-22(2,3)16-7-5-6-8-18(16)29-12-11-24-21(26)20-14-25(31(4,27)28)17-13-15(23)9-10-19(17)30-20/h5-10,13,20H,11-12,14H2,1-4H3,(H,24,26)/t20-/m0/s1. The fourth-order valence-electron chi connectivity index (χ4n) is 3.34. The van der Waals surface area contributed by atoms with E-state index in [2.05, 4.69) is 26.1 Å². The summed E-state index contributed by atoms with van der Waals surface area (Å²) in [6.45, 7) is 6.71.